The van der Waals surface area contributed by atoms with Crippen LogP contribution in [0.2, 0.25) is 0 Å². The van der Waals surface area contributed by atoms with Gasteiger partial charge in [-0.1, -0.05) is 13.8 Å². The molecule has 4 heteroatoms. The Kier molecular flexibility index (Phi) is 2.83. The summed E-state index contributed by atoms with van der Waals surface area (Å²) in [7, 11) is 0. The third-order valence-electron chi connectivity index (χ3n) is 3.61. The zero-order chi connectivity index (χ0) is 12.9. The zero-order valence-electron chi connectivity index (χ0n) is 10.6. The Hall–Kier alpha value is -0.740. The molecule has 0 saturated heterocycles. The predicted molar refractivity (Wildman–Crippen MR) is 72.4 cm³/mol. The molecular formula is C14H17BrO3. The average molecular weight is 313 g/mol. The predicted octanol–water partition coefficient (Wildman–Crippen LogP) is 3.33. The molecule has 1 saturated carbocycles. The van der Waals surface area contributed by atoms with Crippen molar-refractivity contribution < 1.29 is 14.6 Å². The van der Waals surface area contributed by atoms with Crippen LogP contribution in [0.15, 0.2) is 10.5 Å². The Morgan fingerprint density at radius 2 is 1.83 bits per heavy atom. The van der Waals surface area contributed by atoms with E-state index in [0.29, 0.717) is 19.1 Å². The summed E-state index contributed by atoms with van der Waals surface area (Å²) < 4.78 is 12.3. The van der Waals surface area contributed by atoms with Gasteiger partial charge in [-0.3, -0.25) is 0 Å². The highest BCUT2D eigenvalue weighted by Gasteiger charge is 2.45. The molecule has 0 unspecified atom stereocenters. The molecular weight excluding hydrogens is 296 g/mol. The minimum absolute atomic E-state index is 0.299. The van der Waals surface area contributed by atoms with E-state index >= 15 is 0 Å². The molecule has 1 aliphatic carbocycles. The molecule has 18 heavy (non-hydrogen) atoms. The number of rotatable bonds is 2. The van der Waals surface area contributed by atoms with Crippen molar-refractivity contribution in [3.05, 3.63) is 21.7 Å². The number of benzene rings is 1. The van der Waals surface area contributed by atoms with E-state index in [-0.39, 0.29) is 0 Å². The minimum atomic E-state index is -0.655. The number of ether oxygens (including phenoxy) is 2. The molecule has 0 spiro atoms. The first kappa shape index (κ1) is 12.3. The van der Waals surface area contributed by atoms with Crippen LogP contribution in [0.5, 0.6) is 11.5 Å². The number of hydrogen-bond acceptors (Lipinski definition) is 3. The van der Waals surface area contributed by atoms with Gasteiger partial charge in [0.1, 0.15) is 13.2 Å². The van der Waals surface area contributed by atoms with E-state index in [9.17, 15) is 5.11 Å². The lowest BCUT2D eigenvalue weighted by Gasteiger charge is -2.27. The van der Waals surface area contributed by atoms with Crippen molar-refractivity contribution in [3.63, 3.8) is 0 Å². The van der Waals surface area contributed by atoms with Crippen molar-refractivity contribution in [2.75, 3.05) is 13.2 Å². The topological polar surface area (TPSA) is 38.7 Å². The molecule has 0 amide bonds. The van der Waals surface area contributed by atoms with Crippen LogP contribution in [0.3, 0.4) is 0 Å². The third kappa shape index (κ3) is 1.82. The Morgan fingerprint density at radius 1 is 1.22 bits per heavy atom. The van der Waals surface area contributed by atoms with Crippen LogP contribution in [0.25, 0.3) is 0 Å². The van der Waals surface area contributed by atoms with Gasteiger partial charge in [0.05, 0.1) is 10.1 Å². The molecule has 0 radical (unpaired) electrons. The van der Waals surface area contributed by atoms with Crippen molar-refractivity contribution in [2.24, 2.45) is 0 Å². The molecule has 1 heterocycles. The molecule has 1 fully saturated rings. The van der Waals surface area contributed by atoms with Gasteiger partial charge >= 0.3 is 0 Å². The summed E-state index contributed by atoms with van der Waals surface area (Å²) in [5, 5.41) is 10.4. The van der Waals surface area contributed by atoms with Crippen molar-refractivity contribution >= 4 is 15.9 Å². The van der Waals surface area contributed by atoms with Crippen LogP contribution in [0, 0.1) is 0 Å². The smallest absolute Gasteiger partial charge is 0.175 e. The monoisotopic (exact) mass is 312 g/mol. The van der Waals surface area contributed by atoms with Gasteiger partial charge in [0, 0.05) is 5.56 Å². The van der Waals surface area contributed by atoms with E-state index in [4.69, 9.17) is 9.47 Å². The fourth-order valence-electron chi connectivity index (χ4n) is 2.53. The van der Waals surface area contributed by atoms with Gasteiger partial charge in [0.15, 0.2) is 11.5 Å². The number of aliphatic hydroxyl groups is 1. The molecule has 3 rings (SSSR count). The fourth-order valence-corrected chi connectivity index (χ4v) is 3.06. The summed E-state index contributed by atoms with van der Waals surface area (Å²) in [5.41, 5.74) is 1.43. The largest absolute Gasteiger partial charge is 0.486 e. The molecule has 1 N–H and O–H groups in total. The highest BCUT2D eigenvalue weighted by molar-refractivity contribution is 9.10. The van der Waals surface area contributed by atoms with Crippen LogP contribution < -0.4 is 9.47 Å². The maximum atomic E-state index is 10.4. The van der Waals surface area contributed by atoms with Crippen LogP contribution in [-0.4, -0.2) is 18.3 Å². The highest BCUT2D eigenvalue weighted by Crippen LogP contribution is 2.54. The lowest BCUT2D eigenvalue weighted by atomic mass is 9.91. The first-order valence-electron chi connectivity index (χ1n) is 6.38. The second-order valence-corrected chi connectivity index (χ2v) is 6.22. The standard InChI is InChI=1S/C14H17BrO3/c1-8(2)11-9(14(16)3-4-14)7-10(15)12-13(11)18-6-5-17-12/h7-8,16H,3-6H2,1-2H3. The number of fused-ring (bicyclic) bond motifs is 1. The minimum Gasteiger partial charge on any atom is -0.486 e. The second kappa shape index (κ2) is 4.14. The van der Waals surface area contributed by atoms with Crippen molar-refractivity contribution in [1.29, 1.82) is 0 Å². The van der Waals surface area contributed by atoms with Crippen molar-refractivity contribution in [3.8, 4) is 11.5 Å². The van der Waals surface area contributed by atoms with E-state index in [0.717, 1.165) is 39.9 Å². The molecule has 0 bridgehead atoms. The summed E-state index contributed by atoms with van der Waals surface area (Å²) in [5.74, 6) is 1.88. The fraction of sp³-hybridized carbons (Fsp3) is 0.571. The van der Waals surface area contributed by atoms with Gasteiger partial charge in [-0.15, -0.1) is 0 Å². The van der Waals surface area contributed by atoms with Crippen LogP contribution in [0.1, 0.15) is 43.7 Å². The van der Waals surface area contributed by atoms with Crippen molar-refractivity contribution in [2.45, 2.75) is 38.2 Å². The Labute approximate surface area is 115 Å². The normalized spacial score (nSPS) is 20.1. The SMILES string of the molecule is CC(C)c1c(C2(O)CC2)cc(Br)c2c1OCCO2. The summed E-state index contributed by atoms with van der Waals surface area (Å²) in [6.45, 7) is 5.39. The quantitative estimate of drug-likeness (QED) is 0.910. The zero-order valence-corrected chi connectivity index (χ0v) is 12.2. The van der Waals surface area contributed by atoms with Crippen LogP contribution in [0.4, 0.5) is 0 Å². The van der Waals surface area contributed by atoms with Gasteiger partial charge in [-0.25, -0.2) is 0 Å². The first-order valence-corrected chi connectivity index (χ1v) is 7.17. The van der Waals surface area contributed by atoms with Crippen LogP contribution >= 0.6 is 15.9 Å². The summed E-state index contributed by atoms with van der Waals surface area (Å²) in [6, 6.07) is 2.00. The van der Waals surface area contributed by atoms with Gasteiger partial charge in [0.25, 0.3) is 0 Å². The molecule has 98 valence electrons. The summed E-state index contributed by atoms with van der Waals surface area (Å²) in [4.78, 5) is 0. The van der Waals surface area contributed by atoms with E-state index < -0.39 is 5.60 Å². The highest BCUT2D eigenvalue weighted by atomic mass is 79.9. The molecule has 1 aromatic carbocycles. The Morgan fingerprint density at radius 3 is 2.39 bits per heavy atom. The first-order chi connectivity index (χ1) is 8.53. The van der Waals surface area contributed by atoms with E-state index in [1.54, 1.807) is 0 Å². The summed E-state index contributed by atoms with van der Waals surface area (Å²) >= 11 is 3.52. The summed E-state index contributed by atoms with van der Waals surface area (Å²) in [6.07, 6.45) is 1.66. The Bertz CT molecular complexity index is 492. The van der Waals surface area contributed by atoms with Crippen molar-refractivity contribution in [1.82, 2.24) is 0 Å². The van der Waals surface area contributed by atoms with Crippen LogP contribution in [-0.2, 0) is 5.60 Å². The van der Waals surface area contributed by atoms with E-state index in [2.05, 4.69) is 29.8 Å². The molecule has 1 aromatic rings. The average Bonchev–Trinajstić information content (AvgIpc) is 3.08. The number of halogens is 1. The Balaban J connectivity index is 2.23. The molecule has 2 aliphatic rings. The molecule has 0 aromatic heterocycles. The lowest BCUT2D eigenvalue weighted by Crippen LogP contribution is -2.20. The van der Waals surface area contributed by atoms with E-state index in [1.165, 1.54) is 0 Å². The van der Waals surface area contributed by atoms with Gasteiger partial charge in [-0.05, 0) is 46.3 Å². The number of hydrogen-bond donors (Lipinski definition) is 1. The van der Waals surface area contributed by atoms with Gasteiger partial charge < -0.3 is 14.6 Å². The van der Waals surface area contributed by atoms with Gasteiger partial charge in [-0.2, -0.15) is 0 Å². The second-order valence-electron chi connectivity index (χ2n) is 5.36. The lowest BCUT2D eigenvalue weighted by molar-refractivity contribution is 0.144. The molecule has 3 nitrogen and oxygen atoms in total. The third-order valence-corrected chi connectivity index (χ3v) is 4.20. The maximum Gasteiger partial charge on any atom is 0.175 e. The van der Waals surface area contributed by atoms with E-state index in [1.807, 2.05) is 6.07 Å². The molecule has 1 aliphatic heterocycles. The van der Waals surface area contributed by atoms with Gasteiger partial charge in [0.2, 0.25) is 0 Å². The molecule has 0 atom stereocenters. The maximum absolute atomic E-state index is 10.4.